The topological polar surface area (TPSA) is 99.6 Å². The van der Waals surface area contributed by atoms with Gasteiger partial charge in [-0.05, 0) is 41.6 Å². The molecule has 0 spiro atoms. The van der Waals surface area contributed by atoms with E-state index in [-0.39, 0.29) is 18.1 Å². The molecule has 1 amide bonds. The maximum Gasteiger partial charge on any atom is 0.329 e. The van der Waals surface area contributed by atoms with Gasteiger partial charge in [-0.3, -0.25) is 13.9 Å². The van der Waals surface area contributed by atoms with Gasteiger partial charge in [0.05, 0.1) is 11.0 Å². The van der Waals surface area contributed by atoms with E-state index in [0.29, 0.717) is 18.1 Å². The largest absolute Gasteiger partial charge is 0.329 e. The van der Waals surface area contributed by atoms with Crippen molar-refractivity contribution < 1.29 is 4.79 Å². The Hall–Kier alpha value is -3.75. The van der Waals surface area contributed by atoms with Crippen LogP contribution in [0.3, 0.4) is 0 Å². The molecule has 0 aliphatic carbocycles. The van der Waals surface area contributed by atoms with Crippen LogP contribution in [0.2, 0.25) is 0 Å². The fourth-order valence-corrected chi connectivity index (χ4v) is 3.29. The van der Waals surface area contributed by atoms with Crippen LogP contribution in [0.25, 0.3) is 22.4 Å². The third-order valence-corrected chi connectivity index (χ3v) is 4.57. The molecule has 0 atom stereocenters. The van der Waals surface area contributed by atoms with Crippen molar-refractivity contribution in [3.63, 3.8) is 0 Å². The minimum Gasteiger partial charge on any atom is -0.325 e. The second-order valence-corrected chi connectivity index (χ2v) is 6.36. The number of para-hydroxylation sites is 2. The van der Waals surface area contributed by atoms with E-state index in [1.54, 1.807) is 28.4 Å². The summed E-state index contributed by atoms with van der Waals surface area (Å²) in [7, 11) is 1.75. The number of hydrogen-bond acceptors (Lipinski definition) is 5. The maximum absolute atomic E-state index is 12.7. The predicted molar refractivity (Wildman–Crippen MR) is 105 cm³/mol. The summed E-state index contributed by atoms with van der Waals surface area (Å²) in [6, 6.07) is 14.7. The molecule has 9 heteroatoms. The van der Waals surface area contributed by atoms with Crippen LogP contribution in [0.5, 0.6) is 0 Å². The van der Waals surface area contributed by atoms with E-state index in [9.17, 15) is 9.59 Å². The number of amides is 1. The molecule has 2 aromatic carbocycles. The lowest BCUT2D eigenvalue weighted by molar-refractivity contribution is -0.116. The minimum atomic E-state index is -0.283. The van der Waals surface area contributed by atoms with E-state index in [2.05, 4.69) is 20.8 Å². The van der Waals surface area contributed by atoms with Crippen LogP contribution >= 0.6 is 0 Å². The summed E-state index contributed by atoms with van der Waals surface area (Å²) in [6.07, 6.45) is 0. The lowest BCUT2D eigenvalue weighted by atomic mass is 10.2. The number of nitrogens with one attached hydrogen (secondary N) is 1. The molecular weight excluding hydrogens is 358 g/mol. The van der Waals surface area contributed by atoms with Crippen LogP contribution in [-0.2, 0) is 24.9 Å². The summed E-state index contributed by atoms with van der Waals surface area (Å²) >= 11 is 0. The smallest absolute Gasteiger partial charge is 0.325 e. The molecule has 0 saturated heterocycles. The highest BCUT2D eigenvalue weighted by Crippen LogP contribution is 2.20. The van der Waals surface area contributed by atoms with Gasteiger partial charge in [0.25, 0.3) is 0 Å². The summed E-state index contributed by atoms with van der Waals surface area (Å²) < 4.78 is 4.70. The fourth-order valence-electron chi connectivity index (χ4n) is 3.29. The lowest BCUT2D eigenvalue weighted by Gasteiger charge is -2.08. The highest BCUT2D eigenvalue weighted by molar-refractivity contribution is 5.92. The average molecular weight is 377 g/mol. The first-order chi connectivity index (χ1) is 13.6. The molecule has 28 heavy (non-hydrogen) atoms. The standard InChI is InChI=1S/C19H19N7O2/c1-3-25-15-9-4-5-10-16(15)26(19(25)28)12-17(27)20-14-8-6-7-13(11-14)18-21-22-23-24(18)2/h4-11H,3,12H2,1-2H3,(H,20,27). The van der Waals surface area contributed by atoms with Gasteiger partial charge in [-0.1, -0.05) is 24.3 Å². The summed E-state index contributed by atoms with van der Waals surface area (Å²) in [5, 5.41) is 14.3. The lowest BCUT2D eigenvalue weighted by Crippen LogP contribution is -2.29. The Bertz CT molecular complexity index is 1220. The molecule has 9 nitrogen and oxygen atoms in total. The summed E-state index contributed by atoms with van der Waals surface area (Å²) in [5.41, 5.74) is 2.75. The first kappa shape index (κ1) is 17.7. The molecule has 0 fully saturated rings. The van der Waals surface area contributed by atoms with Gasteiger partial charge in [0.1, 0.15) is 6.54 Å². The Morgan fingerprint density at radius 1 is 1.07 bits per heavy atom. The molecule has 0 aliphatic heterocycles. The fraction of sp³-hybridized carbons (Fsp3) is 0.211. The monoisotopic (exact) mass is 377 g/mol. The molecule has 0 radical (unpaired) electrons. The second kappa shape index (κ2) is 7.10. The number of carbonyl (C=O) groups is 1. The molecule has 1 N–H and O–H groups in total. The molecule has 0 saturated carbocycles. The second-order valence-electron chi connectivity index (χ2n) is 6.36. The number of rotatable bonds is 5. The van der Waals surface area contributed by atoms with Crippen LogP contribution in [0.4, 0.5) is 5.69 Å². The number of nitrogens with zero attached hydrogens (tertiary/aromatic N) is 6. The molecule has 142 valence electrons. The van der Waals surface area contributed by atoms with E-state index in [4.69, 9.17) is 0 Å². The van der Waals surface area contributed by atoms with Crippen LogP contribution < -0.4 is 11.0 Å². The van der Waals surface area contributed by atoms with E-state index < -0.39 is 0 Å². The third kappa shape index (κ3) is 3.07. The third-order valence-electron chi connectivity index (χ3n) is 4.57. The first-order valence-corrected chi connectivity index (χ1v) is 8.89. The van der Waals surface area contributed by atoms with Crippen LogP contribution in [-0.4, -0.2) is 35.2 Å². The number of aryl methyl sites for hydroxylation is 2. The number of tetrazole rings is 1. The molecule has 0 aliphatic rings. The van der Waals surface area contributed by atoms with Crippen molar-refractivity contribution in [3.8, 4) is 11.4 Å². The van der Waals surface area contributed by atoms with Gasteiger partial charge in [-0.15, -0.1) is 5.10 Å². The Morgan fingerprint density at radius 3 is 2.50 bits per heavy atom. The van der Waals surface area contributed by atoms with Gasteiger partial charge in [0, 0.05) is 24.8 Å². The molecule has 2 heterocycles. The van der Waals surface area contributed by atoms with Crippen LogP contribution in [0, 0.1) is 0 Å². The van der Waals surface area contributed by atoms with Gasteiger partial charge in [0.2, 0.25) is 5.91 Å². The van der Waals surface area contributed by atoms with Gasteiger partial charge in [-0.25, -0.2) is 9.48 Å². The summed E-state index contributed by atoms with van der Waals surface area (Å²) in [4.78, 5) is 25.3. The van der Waals surface area contributed by atoms with Gasteiger partial charge in [-0.2, -0.15) is 0 Å². The summed E-state index contributed by atoms with van der Waals surface area (Å²) in [6.45, 7) is 2.38. The maximum atomic E-state index is 12.7. The van der Waals surface area contributed by atoms with Crippen molar-refractivity contribution in [2.75, 3.05) is 5.32 Å². The zero-order valence-electron chi connectivity index (χ0n) is 15.5. The quantitative estimate of drug-likeness (QED) is 0.570. The number of hydrogen-bond donors (Lipinski definition) is 1. The highest BCUT2D eigenvalue weighted by atomic mass is 16.2. The minimum absolute atomic E-state index is 0.0674. The molecule has 2 aromatic heterocycles. The number of fused-ring (bicyclic) bond motifs is 1. The Kier molecular flexibility index (Phi) is 4.48. The number of benzene rings is 2. The number of imidazole rings is 1. The highest BCUT2D eigenvalue weighted by Gasteiger charge is 2.15. The van der Waals surface area contributed by atoms with E-state index in [1.165, 1.54) is 4.57 Å². The Balaban J connectivity index is 1.60. The van der Waals surface area contributed by atoms with Crippen LogP contribution in [0.15, 0.2) is 53.3 Å². The number of anilines is 1. The normalized spacial score (nSPS) is 11.1. The molecule has 0 bridgehead atoms. The Labute approximate surface area is 160 Å². The average Bonchev–Trinajstić information content (AvgIpc) is 3.23. The molecule has 0 unspecified atom stereocenters. The predicted octanol–water partition coefficient (Wildman–Crippen LogP) is 1.65. The van der Waals surface area contributed by atoms with E-state index in [0.717, 1.165) is 16.6 Å². The van der Waals surface area contributed by atoms with Crippen molar-refractivity contribution in [2.24, 2.45) is 7.05 Å². The van der Waals surface area contributed by atoms with E-state index >= 15 is 0 Å². The first-order valence-electron chi connectivity index (χ1n) is 8.89. The summed E-state index contributed by atoms with van der Waals surface area (Å²) in [5.74, 6) is 0.313. The molecule has 4 rings (SSSR count). The van der Waals surface area contributed by atoms with Crippen molar-refractivity contribution >= 4 is 22.6 Å². The van der Waals surface area contributed by atoms with Crippen molar-refractivity contribution in [1.82, 2.24) is 29.3 Å². The van der Waals surface area contributed by atoms with Crippen molar-refractivity contribution in [3.05, 3.63) is 59.0 Å². The van der Waals surface area contributed by atoms with Crippen molar-refractivity contribution in [1.29, 1.82) is 0 Å². The number of carbonyl (C=O) groups excluding carboxylic acids is 1. The Morgan fingerprint density at radius 2 is 1.82 bits per heavy atom. The zero-order chi connectivity index (χ0) is 19.7. The van der Waals surface area contributed by atoms with Gasteiger partial charge in [0.15, 0.2) is 5.82 Å². The number of aromatic nitrogens is 6. The van der Waals surface area contributed by atoms with Gasteiger partial charge >= 0.3 is 5.69 Å². The van der Waals surface area contributed by atoms with E-state index in [1.807, 2.05) is 43.3 Å². The van der Waals surface area contributed by atoms with Crippen molar-refractivity contribution in [2.45, 2.75) is 20.0 Å². The van der Waals surface area contributed by atoms with Crippen LogP contribution in [0.1, 0.15) is 6.92 Å². The molecule has 4 aromatic rings. The van der Waals surface area contributed by atoms with Gasteiger partial charge < -0.3 is 5.32 Å². The zero-order valence-corrected chi connectivity index (χ0v) is 15.5. The SMILES string of the molecule is CCn1c(=O)n(CC(=O)Nc2cccc(-c3nnnn3C)c2)c2ccccc21. The molecular formula is C19H19N7O2.